The Morgan fingerprint density at radius 1 is 1.57 bits per heavy atom. The summed E-state index contributed by atoms with van der Waals surface area (Å²) >= 11 is 0. The van der Waals surface area contributed by atoms with Gasteiger partial charge in [-0.1, -0.05) is 18.1 Å². The molecule has 5 heteroatoms. The molecule has 1 atom stereocenters. The van der Waals surface area contributed by atoms with E-state index in [0.29, 0.717) is 11.3 Å². The van der Waals surface area contributed by atoms with Crippen LogP contribution in [0.1, 0.15) is 18.5 Å². The minimum absolute atomic E-state index is 0.364. The van der Waals surface area contributed by atoms with Gasteiger partial charge in [-0.05, 0) is 17.2 Å². The van der Waals surface area contributed by atoms with Crippen LogP contribution < -0.4 is 4.74 Å². The third-order valence-corrected chi connectivity index (χ3v) is 1.88. The fourth-order valence-corrected chi connectivity index (χ4v) is 1.11. The average molecular weight is 195 g/mol. The quantitative estimate of drug-likeness (QED) is 0.415. The Bertz CT molecular complexity index is 374. The molecule has 14 heavy (non-hydrogen) atoms. The molecule has 0 N–H and O–H groups in total. The number of methoxy groups -OCH3 is 1. The Morgan fingerprint density at radius 3 is 2.79 bits per heavy atom. The second-order valence-corrected chi connectivity index (χ2v) is 2.77. The van der Waals surface area contributed by atoms with Crippen LogP contribution in [-0.2, 0) is 0 Å². The van der Waals surface area contributed by atoms with Crippen molar-refractivity contribution in [3.8, 4) is 5.75 Å². The number of azide groups is 1. The zero-order chi connectivity index (χ0) is 10.6. The molecule has 0 radical (unpaired) electrons. The van der Waals surface area contributed by atoms with Gasteiger partial charge >= 0.3 is 0 Å². The van der Waals surface area contributed by atoms with Gasteiger partial charge < -0.3 is 4.74 Å². The summed E-state index contributed by atoms with van der Waals surface area (Å²) in [6, 6.07) is 3.93. The Kier molecular flexibility index (Phi) is 3.31. The maximum atomic E-state index is 13.3. The van der Waals surface area contributed by atoms with Crippen molar-refractivity contribution in [2.75, 3.05) is 7.11 Å². The highest BCUT2D eigenvalue weighted by molar-refractivity contribution is 5.30. The zero-order valence-corrected chi connectivity index (χ0v) is 7.94. The van der Waals surface area contributed by atoms with Crippen LogP contribution in [0, 0.1) is 5.82 Å². The molecular weight excluding hydrogens is 185 g/mol. The molecule has 0 aliphatic carbocycles. The first-order valence-corrected chi connectivity index (χ1v) is 4.06. The van der Waals surface area contributed by atoms with Gasteiger partial charge in [-0.2, -0.15) is 0 Å². The van der Waals surface area contributed by atoms with Crippen molar-refractivity contribution in [2.45, 2.75) is 13.0 Å². The summed E-state index contributed by atoms with van der Waals surface area (Å²) in [6.07, 6.45) is 0. The maximum Gasteiger partial charge on any atom is 0.130 e. The fraction of sp³-hybridized carbons (Fsp3) is 0.333. The normalized spacial score (nSPS) is 11.6. The van der Waals surface area contributed by atoms with Gasteiger partial charge in [0, 0.05) is 11.0 Å². The van der Waals surface area contributed by atoms with E-state index in [4.69, 9.17) is 10.3 Å². The number of benzene rings is 1. The van der Waals surface area contributed by atoms with E-state index < -0.39 is 11.9 Å². The lowest BCUT2D eigenvalue weighted by Crippen LogP contribution is -1.94. The Morgan fingerprint density at radius 2 is 2.29 bits per heavy atom. The predicted octanol–water partition coefficient (Wildman–Crippen LogP) is 3.21. The largest absolute Gasteiger partial charge is 0.497 e. The number of hydrogen-bond acceptors (Lipinski definition) is 2. The highest BCUT2D eigenvalue weighted by Crippen LogP contribution is 2.23. The first-order chi connectivity index (χ1) is 6.69. The molecule has 0 saturated heterocycles. The summed E-state index contributed by atoms with van der Waals surface area (Å²) in [5.41, 5.74) is 8.57. The molecule has 1 rings (SSSR count). The molecule has 0 saturated carbocycles. The number of rotatable bonds is 3. The number of nitrogens with zero attached hydrogens (tertiary/aromatic N) is 3. The van der Waals surface area contributed by atoms with Gasteiger partial charge in [0.05, 0.1) is 13.2 Å². The molecule has 74 valence electrons. The second-order valence-electron chi connectivity index (χ2n) is 2.77. The van der Waals surface area contributed by atoms with Crippen molar-refractivity contribution in [3.05, 3.63) is 40.0 Å². The number of hydrogen-bond donors (Lipinski definition) is 0. The summed E-state index contributed by atoms with van der Waals surface area (Å²) < 4.78 is 18.2. The minimum atomic E-state index is -0.508. The van der Waals surface area contributed by atoms with Crippen LogP contribution >= 0.6 is 0 Å². The van der Waals surface area contributed by atoms with Gasteiger partial charge in [0.1, 0.15) is 11.6 Å². The molecule has 0 fully saturated rings. The average Bonchev–Trinajstić information content (AvgIpc) is 2.17. The molecule has 0 bridgehead atoms. The summed E-state index contributed by atoms with van der Waals surface area (Å²) in [7, 11) is 1.46. The summed E-state index contributed by atoms with van der Waals surface area (Å²) in [4.78, 5) is 2.62. The van der Waals surface area contributed by atoms with Crippen LogP contribution in [0.25, 0.3) is 10.4 Å². The van der Waals surface area contributed by atoms with Crippen LogP contribution in [0.5, 0.6) is 5.75 Å². The highest BCUT2D eigenvalue weighted by atomic mass is 19.1. The summed E-state index contributed by atoms with van der Waals surface area (Å²) in [5, 5.41) is 3.41. The van der Waals surface area contributed by atoms with Gasteiger partial charge in [0.25, 0.3) is 0 Å². The van der Waals surface area contributed by atoms with E-state index in [1.165, 1.54) is 13.2 Å². The van der Waals surface area contributed by atoms with E-state index in [-0.39, 0.29) is 0 Å². The van der Waals surface area contributed by atoms with Gasteiger partial charge in [-0.3, -0.25) is 0 Å². The van der Waals surface area contributed by atoms with E-state index in [1.807, 2.05) is 0 Å². The molecule has 4 nitrogen and oxygen atoms in total. The van der Waals surface area contributed by atoms with Crippen LogP contribution in [0.4, 0.5) is 4.39 Å². The lowest BCUT2D eigenvalue weighted by atomic mass is 10.1. The van der Waals surface area contributed by atoms with E-state index in [9.17, 15) is 4.39 Å². The molecule has 0 aliphatic rings. The highest BCUT2D eigenvalue weighted by Gasteiger charge is 2.09. The Hall–Kier alpha value is -1.74. The van der Waals surface area contributed by atoms with Crippen LogP contribution in [0.3, 0.4) is 0 Å². The lowest BCUT2D eigenvalue weighted by Gasteiger charge is -2.07. The molecule has 0 aromatic heterocycles. The van der Waals surface area contributed by atoms with Crippen molar-refractivity contribution in [1.82, 2.24) is 0 Å². The van der Waals surface area contributed by atoms with Crippen LogP contribution in [-0.4, -0.2) is 7.11 Å². The third kappa shape index (κ3) is 2.14. The smallest absolute Gasteiger partial charge is 0.130 e. The monoisotopic (exact) mass is 195 g/mol. The molecule has 0 amide bonds. The van der Waals surface area contributed by atoms with Gasteiger partial charge in [-0.15, -0.1) is 0 Å². The number of halogens is 1. The Labute approximate surface area is 80.9 Å². The molecule has 0 unspecified atom stereocenters. The third-order valence-electron chi connectivity index (χ3n) is 1.88. The second kappa shape index (κ2) is 4.48. The van der Waals surface area contributed by atoms with Gasteiger partial charge in [-0.25, -0.2) is 4.39 Å². The lowest BCUT2D eigenvalue weighted by molar-refractivity contribution is 0.410. The molecular formula is C9H10FN3O. The molecule has 1 aromatic rings. The maximum absolute atomic E-state index is 13.3. The Balaban J connectivity index is 3.05. The molecule has 0 aliphatic heterocycles. The first-order valence-electron chi connectivity index (χ1n) is 4.06. The molecule has 0 heterocycles. The van der Waals surface area contributed by atoms with Crippen molar-refractivity contribution >= 4 is 0 Å². The number of ether oxygens (including phenoxy) is 1. The van der Waals surface area contributed by atoms with Gasteiger partial charge in [0.2, 0.25) is 0 Å². The van der Waals surface area contributed by atoms with Crippen molar-refractivity contribution in [2.24, 2.45) is 5.11 Å². The van der Waals surface area contributed by atoms with Gasteiger partial charge in [0.15, 0.2) is 0 Å². The zero-order valence-electron chi connectivity index (χ0n) is 7.94. The van der Waals surface area contributed by atoms with E-state index in [2.05, 4.69) is 10.0 Å². The summed E-state index contributed by atoms with van der Waals surface area (Å²) in [5.74, 6) is 0.0173. The standard InChI is InChI=1S/C9H10FN3O/c1-6(12-13-11)8-4-3-7(14-2)5-9(8)10/h3-6H,1-2H3/t6-/m0/s1. The topological polar surface area (TPSA) is 58.0 Å². The van der Waals surface area contributed by atoms with Crippen molar-refractivity contribution in [1.29, 1.82) is 0 Å². The van der Waals surface area contributed by atoms with E-state index in [1.54, 1.807) is 19.1 Å². The first kappa shape index (κ1) is 10.3. The van der Waals surface area contributed by atoms with Crippen molar-refractivity contribution < 1.29 is 9.13 Å². The van der Waals surface area contributed by atoms with E-state index in [0.717, 1.165) is 0 Å². The van der Waals surface area contributed by atoms with Crippen LogP contribution in [0.2, 0.25) is 0 Å². The predicted molar refractivity (Wildman–Crippen MR) is 50.5 cm³/mol. The minimum Gasteiger partial charge on any atom is -0.497 e. The SMILES string of the molecule is COc1ccc([C@H](C)N=[N+]=[N-])c(F)c1. The fourth-order valence-electron chi connectivity index (χ4n) is 1.11. The van der Waals surface area contributed by atoms with Crippen LogP contribution in [0.15, 0.2) is 23.3 Å². The van der Waals surface area contributed by atoms with Crippen molar-refractivity contribution in [3.63, 3.8) is 0 Å². The molecule has 1 aromatic carbocycles. The summed E-state index contributed by atoms with van der Waals surface area (Å²) in [6.45, 7) is 1.63. The molecule has 0 spiro atoms. The van der Waals surface area contributed by atoms with E-state index >= 15 is 0 Å².